The molecule has 3 amide bonds. The number of aromatic nitrogens is 1. The molecule has 0 spiro atoms. The Hall–Kier alpha value is -4.47. The molecule has 2 aliphatic rings. The van der Waals surface area contributed by atoms with Crippen molar-refractivity contribution in [3.8, 4) is 17.0 Å². The van der Waals surface area contributed by atoms with Crippen molar-refractivity contribution in [2.24, 2.45) is 5.92 Å². The quantitative estimate of drug-likeness (QED) is 0.321. The molecule has 3 aromatic rings. The molecule has 0 bridgehead atoms. The molecule has 3 heterocycles. The van der Waals surface area contributed by atoms with Gasteiger partial charge in [-0.15, -0.1) is 0 Å². The summed E-state index contributed by atoms with van der Waals surface area (Å²) in [6.07, 6.45) is 2.34. The largest absolute Gasteiger partial charge is 0.465 e. The molecular formula is C32H39N5O5. The van der Waals surface area contributed by atoms with Gasteiger partial charge in [-0.25, -0.2) is 4.79 Å². The highest BCUT2D eigenvalue weighted by atomic mass is 16.5. The van der Waals surface area contributed by atoms with E-state index in [1.54, 1.807) is 4.90 Å². The molecule has 0 radical (unpaired) electrons. The Bertz CT molecular complexity index is 1560. The number of nitrogens with zero attached hydrogens (tertiary/aromatic N) is 2. The number of nitrogens with one attached hydrogen (secondary N) is 3. The molecule has 42 heavy (non-hydrogen) atoms. The molecule has 2 aliphatic heterocycles. The van der Waals surface area contributed by atoms with Gasteiger partial charge in [-0.2, -0.15) is 0 Å². The SMILES string of the molecule is C/C=C(\C)C1Oc2cc(NC)ccc2-c2cc3cc(NC(=O)C4CCCN4C(=O)C(NC(=O)OC)C(C)C)ccc3n21. The monoisotopic (exact) mass is 573 g/mol. The van der Waals surface area contributed by atoms with Crippen LogP contribution in [-0.2, 0) is 14.3 Å². The number of likely N-dealkylation sites (tertiary alicyclic amines) is 1. The van der Waals surface area contributed by atoms with Gasteiger partial charge < -0.3 is 34.9 Å². The average Bonchev–Trinajstić information content (AvgIpc) is 3.63. The van der Waals surface area contributed by atoms with Crippen molar-refractivity contribution < 1.29 is 23.9 Å². The van der Waals surface area contributed by atoms with E-state index >= 15 is 0 Å². The molecule has 0 aliphatic carbocycles. The van der Waals surface area contributed by atoms with Crippen LogP contribution in [-0.4, -0.2) is 60.2 Å². The highest BCUT2D eigenvalue weighted by Gasteiger charge is 2.39. The first-order chi connectivity index (χ1) is 20.2. The van der Waals surface area contributed by atoms with Crippen LogP contribution in [0.2, 0.25) is 0 Å². The van der Waals surface area contributed by atoms with Crippen LogP contribution in [0.25, 0.3) is 22.2 Å². The minimum Gasteiger partial charge on any atom is -0.465 e. The Labute approximate surface area is 246 Å². The summed E-state index contributed by atoms with van der Waals surface area (Å²) in [6, 6.07) is 12.6. The van der Waals surface area contributed by atoms with Crippen molar-refractivity contribution in [3.63, 3.8) is 0 Å². The smallest absolute Gasteiger partial charge is 0.407 e. The van der Waals surface area contributed by atoms with Crippen LogP contribution in [0.3, 0.4) is 0 Å². The minimum atomic E-state index is -0.780. The molecule has 5 rings (SSSR count). The molecule has 222 valence electrons. The normalized spacial score (nSPS) is 18.6. The molecule has 3 unspecified atom stereocenters. The van der Waals surface area contributed by atoms with Crippen LogP contribution in [0.15, 0.2) is 54.1 Å². The van der Waals surface area contributed by atoms with Gasteiger partial charge in [-0.3, -0.25) is 9.59 Å². The number of anilines is 2. The first-order valence-corrected chi connectivity index (χ1v) is 14.4. The van der Waals surface area contributed by atoms with Gasteiger partial charge in [-0.05, 0) is 74.6 Å². The maximum Gasteiger partial charge on any atom is 0.407 e. The highest BCUT2D eigenvalue weighted by Crippen LogP contribution is 2.45. The van der Waals surface area contributed by atoms with Crippen molar-refractivity contribution in [3.05, 3.63) is 54.1 Å². The molecule has 1 aromatic heterocycles. The van der Waals surface area contributed by atoms with E-state index in [9.17, 15) is 14.4 Å². The first kappa shape index (κ1) is 29.0. The summed E-state index contributed by atoms with van der Waals surface area (Å²) >= 11 is 0. The number of methoxy groups -OCH3 is 1. The number of rotatable bonds is 7. The van der Waals surface area contributed by atoms with Crippen molar-refractivity contribution in [1.29, 1.82) is 0 Å². The van der Waals surface area contributed by atoms with Gasteiger partial charge in [0.15, 0.2) is 6.23 Å². The molecule has 0 saturated carbocycles. The van der Waals surface area contributed by atoms with Gasteiger partial charge >= 0.3 is 6.09 Å². The predicted molar refractivity (Wildman–Crippen MR) is 164 cm³/mol. The number of alkyl carbamates (subject to hydrolysis) is 1. The lowest BCUT2D eigenvalue weighted by Gasteiger charge is -2.31. The van der Waals surface area contributed by atoms with Crippen LogP contribution < -0.4 is 20.7 Å². The lowest BCUT2D eigenvalue weighted by atomic mass is 10.0. The van der Waals surface area contributed by atoms with Crippen molar-refractivity contribution in [1.82, 2.24) is 14.8 Å². The Balaban J connectivity index is 1.42. The van der Waals surface area contributed by atoms with Gasteiger partial charge in [0.2, 0.25) is 11.8 Å². The topological polar surface area (TPSA) is 114 Å². The minimum absolute atomic E-state index is 0.168. The molecule has 10 heteroatoms. The summed E-state index contributed by atoms with van der Waals surface area (Å²) in [5.74, 6) is 0.108. The molecule has 3 N–H and O–H groups in total. The zero-order valence-corrected chi connectivity index (χ0v) is 25.0. The van der Waals surface area contributed by atoms with E-state index < -0.39 is 18.2 Å². The van der Waals surface area contributed by atoms with Gasteiger partial charge in [0.05, 0.1) is 18.3 Å². The van der Waals surface area contributed by atoms with Crippen LogP contribution >= 0.6 is 0 Å². The van der Waals surface area contributed by atoms with E-state index in [-0.39, 0.29) is 24.0 Å². The Morgan fingerprint density at radius 1 is 1.10 bits per heavy atom. The third kappa shape index (κ3) is 5.29. The van der Waals surface area contributed by atoms with E-state index in [4.69, 9.17) is 9.47 Å². The van der Waals surface area contributed by atoms with E-state index in [1.165, 1.54) is 7.11 Å². The van der Waals surface area contributed by atoms with Gasteiger partial charge in [0, 0.05) is 42.0 Å². The van der Waals surface area contributed by atoms with E-state index in [2.05, 4.69) is 45.6 Å². The fraction of sp³-hybridized carbons (Fsp3) is 0.406. The summed E-state index contributed by atoms with van der Waals surface area (Å²) in [7, 11) is 3.14. The summed E-state index contributed by atoms with van der Waals surface area (Å²) < 4.78 is 13.4. The maximum absolute atomic E-state index is 13.5. The highest BCUT2D eigenvalue weighted by molar-refractivity contribution is 6.00. The van der Waals surface area contributed by atoms with E-state index in [1.807, 2.05) is 58.2 Å². The summed E-state index contributed by atoms with van der Waals surface area (Å²) in [4.78, 5) is 40.3. The van der Waals surface area contributed by atoms with Crippen molar-refractivity contribution in [2.75, 3.05) is 31.3 Å². The fourth-order valence-electron chi connectivity index (χ4n) is 5.78. The molecule has 10 nitrogen and oxygen atoms in total. The number of carbonyl (C=O) groups is 3. The third-order valence-electron chi connectivity index (χ3n) is 8.20. The van der Waals surface area contributed by atoms with Crippen molar-refractivity contribution in [2.45, 2.75) is 58.8 Å². The Morgan fingerprint density at radius 2 is 1.86 bits per heavy atom. The van der Waals surface area contributed by atoms with E-state index in [0.29, 0.717) is 25.1 Å². The van der Waals surface area contributed by atoms with Crippen LogP contribution in [0.4, 0.5) is 16.2 Å². The molecule has 3 atom stereocenters. The fourth-order valence-corrected chi connectivity index (χ4v) is 5.78. The number of carbonyl (C=O) groups excluding carboxylic acids is 3. The van der Waals surface area contributed by atoms with Gasteiger partial charge in [0.1, 0.15) is 17.8 Å². The number of hydrogen-bond acceptors (Lipinski definition) is 6. The molecule has 1 fully saturated rings. The lowest BCUT2D eigenvalue weighted by molar-refractivity contribution is -0.139. The number of amides is 3. The predicted octanol–water partition coefficient (Wildman–Crippen LogP) is 5.52. The number of hydrogen-bond donors (Lipinski definition) is 3. The summed E-state index contributed by atoms with van der Waals surface area (Å²) in [5, 5.41) is 9.80. The molecule has 1 saturated heterocycles. The number of fused-ring (bicyclic) bond motifs is 5. The summed E-state index contributed by atoms with van der Waals surface area (Å²) in [6.45, 7) is 8.21. The average molecular weight is 574 g/mol. The second kappa shape index (κ2) is 11.8. The maximum atomic E-state index is 13.5. The Morgan fingerprint density at radius 3 is 2.55 bits per heavy atom. The van der Waals surface area contributed by atoms with Crippen molar-refractivity contribution >= 4 is 40.2 Å². The standard InChI is InChI=1S/C32H39N5O5/c1-7-19(4)31-37-24-13-11-22(15-20(24)16-26(37)23-12-10-21(33-5)17-27(23)42-31)34-29(38)25-9-8-14-36(25)30(39)28(18(2)3)35-32(40)41-6/h7,10-13,15-18,25,28,31,33H,8-9,14H2,1-6H3,(H,34,38)(H,35,40)/b19-7+. The first-order valence-electron chi connectivity index (χ1n) is 14.4. The number of benzene rings is 2. The number of allylic oxidation sites excluding steroid dienone is 1. The van der Waals surface area contributed by atoms with Crippen LogP contribution in [0.5, 0.6) is 5.75 Å². The summed E-state index contributed by atoms with van der Waals surface area (Å²) in [5.41, 5.74) is 5.72. The second-order valence-electron chi connectivity index (χ2n) is 11.2. The van der Waals surface area contributed by atoms with E-state index in [0.717, 1.165) is 39.2 Å². The number of ether oxygens (including phenoxy) is 2. The van der Waals surface area contributed by atoms with Gasteiger partial charge in [0.25, 0.3) is 0 Å². The Kier molecular flexibility index (Phi) is 8.15. The van der Waals surface area contributed by atoms with Crippen LogP contribution in [0.1, 0.15) is 46.8 Å². The van der Waals surface area contributed by atoms with Crippen LogP contribution in [0, 0.1) is 5.92 Å². The zero-order chi connectivity index (χ0) is 30.1. The second-order valence-corrected chi connectivity index (χ2v) is 11.2. The molecular weight excluding hydrogens is 534 g/mol. The van der Waals surface area contributed by atoms with Gasteiger partial charge in [-0.1, -0.05) is 19.9 Å². The zero-order valence-electron chi connectivity index (χ0n) is 25.0. The third-order valence-corrected chi connectivity index (χ3v) is 8.20. The molecule has 2 aromatic carbocycles. The lowest BCUT2D eigenvalue weighted by Crippen LogP contribution is -2.54.